The summed E-state index contributed by atoms with van der Waals surface area (Å²) in [6, 6.07) is 10.1. The Hall–Kier alpha value is -3.70. The van der Waals surface area contributed by atoms with E-state index < -0.39 is 0 Å². The second-order valence-electron chi connectivity index (χ2n) is 8.69. The molecule has 2 saturated heterocycles. The maximum absolute atomic E-state index is 5.49. The maximum Gasteiger partial charge on any atom is 0.250 e. The number of aromatic nitrogens is 4. The number of morpholine rings is 2. The van der Waals surface area contributed by atoms with Crippen LogP contribution in [0.4, 0.5) is 17.8 Å². The average molecular weight is 493 g/mol. The molecule has 1 N–H and O–H groups in total. The molecule has 5 rings (SSSR count). The van der Waals surface area contributed by atoms with Gasteiger partial charge in [0, 0.05) is 48.8 Å². The lowest BCUT2D eigenvalue weighted by molar-refractivity contribution is 0.121. The van der Waals surface area contributed by atoms with Gasteiger partial charge in [0.15, 0.2) is 0 Å². The lowest BCUT2D eigenvalue weighted by Gasteiger charge is -2.30. The molecule has 2 fully saturated rings. The number of hydrogen-bond donors (Lipinski definition) is 1. The molecule has 0 saturated carbocycles. The Bertz CT molecular complexity index is 1160. The fraction of sp³-hybridized carbons (Fsp3) is 0.440. The van der Waals surface area contributed by atoms with E-state index in [0.717, 1.165) is 54.6 Å². The van der Waals surface area contributed by atoms with Crippen LogP contribution in [0.3, 0.4) is 0 Å². The molecule has 0 unspecified atom stereocenters. The smallest absolute Gasteiger partial charge is 0.250 e. The third-order valence-electron chi connectivity index (χ3n) is 6.37. The molecule has 0 bridgehead atoms. The molecule has 3 aromatic rings. The van der Waals surface area contributed by atoms with Crippen molar-refractivity contribution in [2.45, 2.75) is 13.8 Å². The van der Waals surface area contributed by atoms with Gasteiger partial charge in [-0.05, 0) is 44.2 Å². The number of ether oxygens (including phenoxy) is 3. The van der Waals surface area contributed by atoms with Crippen LogP contribution in [0.15, 0.2) is 35.4 Å². The molecule has 1 aromatic carbocycles. The second-order valence-corrected chi connectivity index (χ2v) is 8.69. The first-order chi connectivity index (χ1) is 17.6. The van der Waals surface area contributed by atoms with Crippen LogP contribution >= 0.6 is 0 Å². The fourth-order valence-corrected chi connectivity index (χ4v) is 4.42. The van der Waals surface area contributed by atoms with Crippen molar-refractivity contribution in [1.82, 2.24) is 19.5 Å². The van der Waals surface area contributed by atoms with Crippen LogP contribution in [0.5, 0.6) is 5.75 Å². The standard InChI is InChI=1S/C25H32N8O3/c1-18-16-20(19(2)33(18)21-4-6-22(34-3)7-5-21)17-26-30-23-27-24(31-8-12-35-13-9-31)29-25(28-23)32-10-14-36-15-11-32/h4-7,16-17H,8-15H2,1-3H3,(H,27,28,29,30)/b26-17-. The van der Waals surface area contributed by atoms with Crippen molar-refractivity contribution in [3.63, 3.8) is 0 Å². The van der Waals surface area contributed by atoms with E-state index in [1.165, 1.54) is 0 Å². The van der Waals surface area contributed by atoms with Gasteiger partial charge in [0.1, 0.15) is 5.75 Å². The summed E-state index contributed by atoms with van der Waals surface area (Å²) < 4.78 is 18.5. The molecule has 11 heteroatoms. The predicted molar refractivity (Wildman–Crippen MR) is 139 cm³/mol. The van der Waals surface area contributed by atoms with E-state index in [0.29, 0.717) is 44.3 Å². The van der Waals surface area contributed by atoms with E-state index in [9.17, 15) is 0 Å². The largest absolute Gasteiger partial charge is 0.497 e. The summed E-state index contributed by atoms with van der Waals surface area (Å²) in [7, 11) is 1.67. The highest BCUT2D eigenvalue weighted by atomic mass is 16.5. The highest BCUT2D eigenvalue weighted by molar-refractivity contribution is 5.82. The molecule has 2 aliphatic heterocycles. The summed E-state index contributed by atoms with van der Waals surface area (Å²) >= 11 is 0. The van der Waals surface area contributed by atoms with Gasteiger partial charge in [-0.2, -0.15) is 20.1 Å². The first kappa shape index (κ1) is 24.0. The summed E-state index contributed by atoms with van der Waals surface area (Å²) in [6.45, 7) is 9.75. The predicted octanol–water partition coefficient (Wildman–Crippen LogP) is 2.41. The Morgan fingerprint density at radius 1 is 0.889 bits per heavy atom. The number of anilines is 3. The van der Waals surface area contributed by atoms with Gasteiger partial charge in [0.25, 0.3) is 0 Å². The SMILES string of the molecule is COc1ccc(-n2c(C)cc(/C=N\Nc3nc(N4CCOCC4)nc(N4CCOCC4)n3)c2C)cc1. The van der Waals surface area contributed by atoms with Gasteiger partial charge < -0.3 is 28.6 Å². The van der Waals surface area contributed by atoms with Crippen LogP contribution in [-0.4, -0.2) is 85.4 Å². The number of nitrogens with zero attached hydrogens (tertiary/aromatic N) is 7. The van der Waals surface area contributed by atoms with Gasteiger partial charge in [-0.25, -0.2) is 5.43 Å². The van der Waals surface area contributed by atoms with Gasteiger partial charge in [-0.15, -0.1) is 0 Å². The Balaban J connectivity index is 1.37. The fourth-order valence-electron chi connectivity index (χ4n) is 4.42. The van der Waals surface area contributed by atoms with Gasteiger partial charge in [0.05, 0.1) is 39.8 Å². The van der Waals surface area contributed by atoms with Crippen molar-refractivity contribution in [1.29, 1.82) is 0 Å². The Labute approximate surface area is 210 Å². The molecular weight excluding hydrogens is 460 g/mol. The van der Waals surface area contributed by atoms with Crippen molar-refractivity contribution < 1.29 is 14.2 Å². The van der Waals surface area contributed by atoms with E-state index >= 15 is 0 Å². The highest BCUT2D eigenvalue weighted by Crippen LogP contribution is 2.22. The minimum absolute atomic E-state index is 0.410. The van der Waals surface area contributed by atoms with E-state index in [-0.39, 0.29) is 0 Å². The Morgan fingerprint density at radius 3 is 2.03 bits per heavy atom. The summed E-state index contributed by atoms with van der Waals surface area (Å²) in [5, 5.41) is 4.47. The Morgan fingerprint density at radius 2 is 1.47 bits per heavy atom. The normalized spacial score (nSPS) is 16.5. The molecule has 4 heterocycles. The van der Waals surface area contributed by atoms with Crippen LogP contribution in [0.25, 0.3) is 5.69 Å². The summed E-state index contributed by atoms with van der Waals surface area (Å²) in [5.74, 6) is 2.50. The number of hydrazone groups is 1. The van der Waals surface area contributed by atoms with Crippen molar-refractivity contribution in [2.24, 2.45) is 5.10 Å². The highest BCUT2D eigenvalue weighted by Gasteiger charge is 2.20. The first-order valence-corrected chi connectivity index (χ1v) is 12.2. The van der Waals surface area contributed by atoms with Crippen LogP contribution in [-0.2, 0) is 9.47 Å². The zero-order valence-corrected chi connectivity index (χ0v) is 21.0. The van der Waals surface area contributed by atoms with Crippen LogP contribution < -0.4 is 20.0 Å². The van der Waals surface area contributed by atoms with E-state index in [1.807, 2.05) is 24.3 Å². The number of methoxy groups -OCH3 is 1. The van der Waals surface area contributed by atoms with Crippen LogP contribution in [0, 0.1) is 13.8 Å². The molecule has 0 radical (unpaired) electrons. The minimum Gasteiger partial charge on any atom is -0.497 e. The number of benzene rings is 1. The van der Waals surface area contributed by atoms with Gasteiger partial charge in [-0.3, -0.25) is 0 Å². The van der Waals surface area contributed by atoms with Crippen LogP contribution in [0.2, 0.25) is 0 Å². The van der Waals surface area contributed by atoms with E-state index in [1.54, 1.807) is 13.3 Å². The monoisotopic (exact) mass is 492 g/mol. The molecule has 11 nitrogen and oxygen atoms in total. The van der Waals surface area contributed by atoms with Crippen molar-refractivity contribution >= 4 is 24.1 Å². The maximum atomic E-state index is 5.49. The van der Waals surface area contributed by atoms with E-state index in [4.69, 9.17) is 19.2 Å². The van der Waals surface area contributed by atoms with Gasteiger partial charge in [0.2, 0.25) is 17.8 Å². The molecule has 0 spiro atoms. The molecule has 2 aliphatic rings. The number of aryl methyl sites for hydroxylation is 1. The molecular formula is C25H32N8O3. The molecule has 2 aromatic heterocycles. The zero-order valence-electron chi connectivity index (χ0n) is 21.0. The number of hydrogen-bond acceptors (Lipinski definition) is 10. The van der Waals surface area contributed by atoms with E-state index in [2.05, 4.69) is 54.8 Å². The lowest BCUT2D eigenvalue weighted by Crippen LogP contribution is -2.40. The van der Waals surface area contributed by atoms with Crippen LogP contribution in [0.1, 0.15) is 17.0 Å². The zero-order chi connectivity index (χ0) is 24.9. The molecule has 0 aliphatic carbocycles. The third-order valence-corrected chi connectivity index (χ3v) is 6.37. The molecule has 190 valence electrons. The summed E-state index contributed by atoms with van der Waals surface area (Å²) in [5.41, 5.74) is 7.30. The first-order valence-electron chi connectivity index (χ1n) is 12.2. The quantitative estimate of drug-likeness (QED) is 0.393. The van der Waals surface area contributed by atoms with Gasteiger partial charge >= 0.3 is 0 Å². The van der Waals surface area contributed by atoms with Gasteiger partial charge in [-0.1, -0.05) is 0 Å². The van der Waals surface area contributed by atoms with Crippen molar-refractivity contribution in [3.8, 4) is 11.4 Å². The summed E-state index contributed by atoms with van der Waals surface area (Å²) in [6.07, 6.45) is 1.80. The minimum atomic E-state index is 0.410. The van der Waals surface area contributed by atoms with Crippen molar-refractivity contribution in [2.75, 3.05) is 74.9 Å². The molecule has 36 heavy (non-hydrogen) atoms. The molecule has 0 amide bonds. The number of rotatable bonds is 7. The second kappa shape index (κ2) is 10.9. The lowest BCUT2D eigenvalue weighted by atomic mass is 10.2. The topological polar surface area (TPSA) is 102 Å². The summed E-state index contributed by atoms with van der Waals surface area (Å²) in [4.78, 5) is 18.3. The van der Waals surface area contributed by atoms with Crippen molar-refractivity contribution in [3.05, 3.63) is 47.3 Å². The number of nitrogens with one attached hydrogen (secondary N) is 1. The molecule has 0 atom stereocenters. The Kier molecular flexibility index (Phi) is 7.28. The third kappa shape index (κ3) is 5.26. The average Bonchev–Trinajstić information content (AvgIpc) is 3.22.